The summed E-state index contributed by atoms with van der Waals surface area (Å²) in [7, 11) is 3.34. The van der Waals surface area contributed by atoms with E-state index in [2.05, 4.69) is 60.5 Å². The smallest absolute Gasteiger partial charge is 0.174 e. The molecule has 0 saturated heterocycles. The number of thiocarbonyl (C=S) groups is 1. The molecule has 0 heterocycles. The van der Waals surface area contributed by atoms with Gasteiger partial charge in [-0.2, -0.15) is 0 Å². The van der Waals surface area contributed by atoms with E-state index in [0.717, 1.165) is 17.2 Å². The van der Waals surface area contributed by atoms with Crippen molar-refractivity contribution in [3.8, 4) is 11.5 Å². The fourth-order valence-corrected chi connectivity index (χ4v) is 3.50. The average Bonchev–Trinajstić information content (AvgIpc) is 2.80. The quantitative estimate of drug-likeness (QED) is 0.425. The first-order valence-corrected chi connectivity index (χ1v) is 10.8. The molecule has 5 heteroatoms. The van der Waals surface area contributed by atoms with Gasteiger partial charge < -0.3 is 19.7 Å². The van der Waals surface area contributed by atoms with Gasteiger partial charge in [-0.3, -0.25) is 0 Å². The maximum absolute atomic E-state index is 5.79. The van der Waals surface area contributed by atoms with Gasteiger partial charge in [0.2, 0.25) is 0 Å². The predicted molar refractivity (Wildman–Crippen MR) is 132 cm³/mol. The molecule has 0 radical (unpaired) electrons. The lowest BCUT2D eigenvalue weighted by Crippen LogP contribution is -2.33. The molecular formula is C26H30N2O2S. The largest absolute Gasteiger partial charge is 0.497 e. The molecule has 0 amide bonds. The topological polar surface area (TPSA) is 33.7 Å². The van der Waals surface area contributed by atoms with Crippen LogP contribution in [0.4, 0.5) is 5.69 Å². The number of hydrogen-bond acceptors (Lipinski definition) is 3. The van der Waals surface area contributed by atoms with Crippen LogP contribution in [0.1, 0.15) is 36.5 Å². The van der Waals surface area contributed by atoms with E-state index in [1.165, 1.54) is 16.7 Å². The summed E-state index contributed by atoms with van der Waals surface area (Å²) in [4.78, 5) is 2.17. The lowest BCUT2D eigenvalue weighted by Gasteiger charge is -2.26. The van der Waals surface area contributed by atoms with Gasteiger partial charge in [-0.25, -0.2) is 0 Å². The molecule has 0 atom stereocenters. The van der Waals surface area contributed by atoms with E-state index in [9.17, 15) is 0 Å². The first kappa shape index (κ1) is 22.6. The Kier molecular flexibility index (Phi) is 7.90. The summed E-state index contributed by atoms with van der Waals surface area (Å²) in [5.41, 5.74) is 4.65. The van der Waals surface area contributed by atoms with E-state index in [-0.39, 0.29) is 0 Å². The molecule has 0 fully saturated rings. The maximum atomic E-state index is 5.79. The van der Waals surface area contributed by atoms with Crippen LogP contribution in [0.2, 0.25) is 0 Å². The van der Waals surface area contributed by atoms with Crippen LogP contribution < -0.4 is 14.8 Å². The summed E-state index contributed by atoms with van der Waals surface area (Å²) in [5.74, 6) is 2.18. The molecule has 3 rings (SSSR count). The second kappa shape index (κ2) is 10.8. The Labute approximate surface area is 190 Å². The van der Waals surface area contributed by atoms with Crippen LogP contribution in [0.3, 0.4) is 0 Å². The summed E-state index contributed by atoms with van der Waals surface area (Å²) in [6, 6.07) is 24.6. The van der Waals surface area contributed by atoms with Crippen LogP contribution in [0, 0.1) is 0 Å². The standard InChI is InChI=1S/C26H30N2O2S/c1-19(2)22-9-5-20(6-10-22)17-28(18-21-7-13-24(29-3)14-8-21)26(31)27-23-11-15-25(30-4)16-12-23/h5-16,19H,17-18H2,1-4H3,(H,27,31). The van der Waals surface area contributed by atoms with Crippen molar-refractivity contribution in [3.05, 3.63) is 89.5 Å². The zero-order valence-electron chi connectivity index (χ0n) is 18.6. The molecule has 0 unspecified atom stereocenters. The molecule has 0 aromatic heterocycles. The highest BCUT2D eigenvalue weighted by Crippen LogP contribution is 2.20. The lowest BCUT2D eigenvalue weighted by molar-refractivity contribution is 0.407. The molecule has 3 aromatic carbocycles. The number of ether oxygens (including phenoxy) is 2. The second-order valence-corrected chi connectivity index (χ2v) is 8.15. The summed E-state index contributed by atoms with van der Waals surface area (Å²) in [6.45, 7) is 5.82. The third-order valence-electron chi connectivity index (χ3n) is 5.18. The van der Waals surface area contributed by atoms with Crippen LogP contribution in [0.25, 0.3) is 0 Å². The van der Waals surface area contributed by atoms with Crippen molar-refractivity contribution in [2.45, 2.75) is 32.9 Å². The molecule has 0 aliphatic rings. The molecule has 0 aliphatic heterocycles. The van der Waals surface area contributed by atoms with Crippen LogP contribution in [0.5, 0.6) is 11.5 Å². The minimum absolute atomic E-state index is 0.516. The van der Waals surface area contributed by atoms with Gasteiger partial charge in [0.15, 0.2) is 5.11 Å². The Morgan fingerprint density at radius 2 is 1.23 bits per heavy atom. The summed E-state index contributed by atoms with van der Waals surface area (Å²) >= 11 is 5.79. The SMILES string of the molecule is COc1ccc(CN(Cc2ccc(C(C)C)cc2)C(=S)Nc2ccc(OC)cc2)cc1. The van der Waals surface area contributed by atoms with Gasteiger partial charge >= 0.3 is 0 Å². The van der Waals surface area contributed by atoms with Crippen molar-refractivity contribution in [2.75, 3.05) is 19.5 Å². The average molecular weight is 435 g/mol. The zero-order valence-corrected chi connectivity index (χ0v) is 19.4. The number of anilines is 1. The number of rotatable bonds is 8. The van der Waals surface area contributed by atoms with Crippen LogP contribution in [-0.4, -0.2) is 24.2 Å². The van der Waals surface area contributed by atoms with Gasteiger partial charge in [0, 0.05) is 18.8 Å². The predicted octanol–water partition coefficient (Wildman–Crippen LogP) is 6.23. The molecule has 162 valence electrons. The third kappa shape index (κ3) is 6.46. The minimum Gasteiger partial charge on any atom is -0.497 e. The molecule has 4 nitrogen and oxygen atoms in total. The molecule has 0 saturated carbocycles. The molecular weight excluding hydrogens is 404 g/mol. The number of nitrogens with zero attached hydrogens (tertiary/aromatic N) is 1. The lowest BCUT2D eigenvalue weighted by atomic mass is 10.0. The maximum Gasteiger partial charge on any atom is 0.174 e. The van der Waals surface area contributed by atoms with E-state index in [1.54, 1.807) is 14.2 Å². The second-order valence-electron chi connectivity index (χ2n) is 7.76. The van der Waals surface area contributed by atoms with Gasteiger partial charge in [-0.15, -0.1) is 0 Å². The minimum atomic E-state index is 0.516. The van der Waals surface area contributed by atoms with E-state index >= 15 is 0 Å². The van der Waals surface area contributed by atoms with Gasteiger partial charge in [-0.1, -0.05) is 50.2 Å². The summed E-state index contributed by atoms with van der Waals surface area (Å²) < 4.78 is 10.5. The highest BCUT2D eigenvalue weighted by molar-refractivity contribution is 7.80. The number of hydrogen-bond donors (Lipinski definition) is 1. The third-order valence-corrected chi connectivity index (χ3v) is 5.54. The van der Waals surface area contributed by atoms with E-state index in [1.807, 2.05) is 36.4 Å². The Hall–Kier alpha value is -3.05. The van der Waals surface area contributed by atoms with E-state index < -0.39 is 0 Å². The van der Waals surface area contributed by atoms with E-state index in [0.29, 0.717) is 24.1 Å². The number of nitrogens with one attached hydrogen (secondary N) is 1. The molecule has 3 aromatic rings. The summed E-state index contributed by atoms with van der Waals surface area (Å²) in [6.07, 6.45) is 0. The molecule has 1 N–H and O–H groups in total. The first-order valence-electron chi connectivity index (χ1n) is 10.4. The van der Waals surface area contributed by atoms with Crippen molar-refractivity contribution in [1.29, 1.82) is 0 Å². The Morgan fingerprint density at radius 3 is 1.68 bits per heavy atom. The number of methoxy groups -OCH3 is 2. The fourth-order valence-electron chi connectivity index (χ4n) is 3.26. The summed E-state index contributed by atoms with van der Waals surface area (Å²) in [5, 5.41) is 4.04. The van der Waals surface area contributed by atoms with E-state index in [4.69, 9.17) is 21.7 Å². The van der Waals surface area contributed by atoms with Gasteiger partial charge in [0.1, 0.15) is 11.5 Å². The van der Waals surface area contributed by atoms with Gasteiger partial charge in [0.05, 0.1) is 14.2 Å². The molecule has 31 heavy (non-hydrogen) atoms. The van der Waals surface area contributed by atoms with Crippen molar-refractivity contribution in [2.24, 2.45) is 0 Å². The Balaban J connectivity index is 1.78. The number of benzene rings is 3. The Bertz CT molecular complexity index is 968. The monoisotopic (exact) mass is 434 g/mol. The van der Waals surface area contributed by atoms with Gasteiger partial charge in [-0.05, 0) is 71.2 Å². The highest BCUT2D eigenvalue weighted by atomic mass is 32.1. The highest BCUT2D eigenvalue weighted by Gasteiger charge is 2.13. The van der Waals surface area contributed by atoms with Crippen LogP contribution in [0.15, 0.2) is 72.8 Å². The molecule has 0 aliphatic carbocycles. The normalized spacial score (nSPS) is 10.6. The van der Waals surface area contributed by atoms with Crippen molar-refractivity contribution in [1.82, 2.24) is 4.90 Å². The van der Waals surface area contributed by atoms with Crippen LogP contribution in [-0.2, 0) is 13.1 Å². The van der Waals surface area contributed by atoms with Crippen molar-refractivity contribution < 1.29 is 9.47 Å². The van der Waals surface area contributed by atoms with Gasteiger partial charge in [0.25, 0.3) is 0 Å². The van der Waals surface area contributed by atoms with Crippen LogP contribution >= 0.6 is 12.2 Å². The zero-order chi connectivity index (χ0) is 22.2. The van der Waals surface area contributed by atoms with Crippen molar-refractivity contribution >= 4 is 23.0 Å². The molecule has 0 bridgehead atoms. The fraction of sp³-hybridized carbons (Fsp3) is 0.269. The van der Waals surface area contributed by atoms with Crippen molar-refractivity contribution in [3.63, 3.8) is 0 Å². The molecule has 0 spiro atoms. The Morgan fingerprint density at radius 1 is 0.774 bits per heavy atom. The first-order chi connectivity index (χ1) is 15.0.